The molecule has 2 heterocycles. The highest BCUT2D eigenvalue weighted by atomic mass is 32.1. The van der Waals surface area contributed by atoms with Gasteiger partial charge in [0, 0.05) is 15.8 Å². The first kappa shape index (κ1) is 12.4. The molecule has 3 heteroatoms. The SMILES string of the molecule is Cc1ccc(CC(C)NCc2occc2C)s1. The molecule has 2 aromatic heterocycles. The van der Waals surface area contributed by atoms with E-state index in [4.69, 9.17) is 4.42 Å². The molecule has 0 amide bonds. The first-order valence-electron chi connectivity index (χ1n) is 5.97. The maximum Gasteiger partial charge on any atom is 0.120 e. The Morgan fingerprint density at radius 1 is 1.29 bits per heavy atom. The van der Waals surface area contributed by atoms with Crippen molar-refractivity contribution in [2.24, 2.45) is 0 Å². The second-order valence-corrected chi connectivity index (χ2v) is 5.90. The van der Waals surface area contributed by atoms with Crippen LogP contribution in [0.1, 0.15) is 28.0 Å². The predicted octanol–water partition coefficient (Wildman–Crippen LogP) is 3.68. The molecule has 92 valence electrons. The molecule has 1 unspecified atom stereocenters. The van der Waals surface area contributed by atoms with E-state index in [0.717, 1.165) is 18.7 Å². The van der Waals surface area contributed by atoms with Gasteiger partial charge in [-0.15, -0.1) is 11.3 Å². The van der Waals surface area contributed by atoms with Gasteiger partial charge in [-0.3, -0.25) is 0 Å². The summed E-state index contributed by atoms with van der Waals surface area (Å²) in [5.41, 5.74) is 1.22. The van der Waals surface area contributed by atoms with Crippen LogP contribution in [0.3, 0.4) is 0 Å². The number of nitrogens with one attached hydrogen (secondary N) is 1. The lowest BCUT2D eigenvalue weighted by molar-refractivity contribution is 0.452. The molecule has 0 spiro atoms. The molecule has 17 heavy (non-hydrogen) atoms. The van der Waals surface area contributed by atoms with Gasteiger partial charge in [-0.25, -0.2) is 0 Å². The summed E-state index contributed by atoms with van der Waals surface area (Å²) >= 11 is 1.88. The molecule has 0 aromatic carbocycles. The van der Waals surface area contributed by atoms with E-state index in [0.29, 0.717) is 6.04 Å². The van der Waals surface area contributed by atoms with Crippen molar-refractivity contribution in [1.29, 1.82) is 0 Å². The Morgan fingerprint density at radius 3 is 2.71 bits per heavy atom. The van der Waals surface area contributed by atoms with Gasteiger partial charge in [-0.05, 0) is 51.0 Å². The fraction of sp³-hybridized carbons (Fsp3) is 0.429. The van der Waals surface area contributed by atoms with Crippen molar-refractivity contribution >= 4 is 11.3 Å². The summed E-state index contributed by atoms with van der Waals surface area (Å²) < 4.78 is 5.41. The van der Waals surface area contributed by atoms with Crippen molar-refractivity contribution in [3.8, 4) is 0 Å². The second-order valence-electron chi connectivity index (χ2n) is 4.53. The monoisotopic (exact) mass is 249 g/mol. The average molecular weight is 249 g/mol. The van der Waals surface area contributed by atoms with Crippen LogP contribution >= 0.6 is 11.3 Å². The zero-order valence-electron chi connectivity index (χ0n) is 10.6. The van der Waals surface area contributed by atoms with Crippen molar-refractivity contribution in [2.45, 2.75) is 39.8 Å². The van der Waals surface area contributed by atoms with Crippen LogP contribution in [-0.4, -0.2) is 6.04 Å². The van der Waals surface area contributed by atoms with E-state index in [1.54, 1.807) is 6.26 Å². The Hall–Kier alpha value is -1.06. The molecule has 0 aliphatic carbocycles. The first-order chi connectivity index (χ1) is 8.15. The summed E-state index contributed by atoms with van der Waals surface area (Å²) in [6.07, 6.45) is 2.83. The van der Waals surface area contributed by atoms with Gasteiger partial charge in [-0.2, -0.15) is 0 Å². The second kappa shape index (κ2) is 5.52. The van der Waals surface area contributed by atoms with Gasteiger partial charge in [0.05, 0.1) is 12.8 Å². The summed E-state index contributed by atoms with van der Waals surface area (Å²) in [6.45, 7) is 7.25. The summed E-state index contributed by atoms with van der Waals surface area (Å²) in [5.74, 6) is 1.04. The minimum Gasteiger partial charge on any atom is -0.468 e. The Morgan fingerprint density at radius 2 is 2.12 bits per heavy atom. The highest BCUT2D eigenvalue weighted by molar-refractivity contribution is 7.11. The van der Waals surface area contributed by atoms with Crippen LogP contribution in [0.5, 0.6) is 0 Å². The summed E-state index contributed by atoms with van der Waals surface area (Å²) in [6, 6.07) is 6.88. The largest absolute Gasteiger partial charge is 0.468 e. The number of thiophene rings is 1. The molecule has 1 atom stereocenters. The molecule has 0 saturated carbocycles. The lowest BCUT2D eigenvalue weighted by Gasteiger charge is -2.11. The van der Waals surface area contributed by atoms with Gasteiger partial charge in [0.25, 0.3) is 0 Å². The van der Waals surface area contributed by atoms with Gasteiger partial charge in [0.15, 0.2) is 0 Å². The Labute approximate surface area is 107 Å². The predicted molar refractivity (Wildman–Crippen MR) is 72.5 cm³/mol. The maximum atomic E-state index is 5.41. The van der Waals surface area contributed by atoms with E-state index in [9.17, 15) is 0 Å². The number of hydrogen-bond acceptors (Lipinski definition) is 3. The van der Waals surface area contributed by atoms with Crippen LogP contribution < -0.4 is 5.32 Å². The fourth-order valence-electron chi connectivity index (χ4n) is 1.82. The number of hydrogen-bond donors (Lipinski definition) is 1. The van der Waals surface area contributed by atoms with Crippen molar-refractivity contribution in [3.05, 3.63) is 45.5 Å². The fourth-order valence-corrected chi connectivity index (χ4v) is 2.84. The van der Waals surface area contributed by atoms with E-state index in [-0.39, 0.29) is 0 Å². The van der Waals surface area contributed by atoms with Gasteiger partial charge >= 0.3 is 0 Å². The quantitative estimate of drug-likeness (QED) is 0.874. The minimum absolute atomic E-state index is 0.470. The van der Waals surface area contributed by atoms with E-state index < -0.39 is 0 Å². The molecule has 0 fully saturated rings. The molecule has 2 aromatic rings. The van der Waals surface area contributed by atoms with Crippen LogP contribution in [-0.2, 0) is 13.0 Å². The zero-order chi connectivity index (χ0) is 12.3. The molecule has 0 radical (unpaired) electrons. The van der Waals surface area contributed by atoms with Gasteiger partial charge < -0.3 is 9.73 Å². The third-order valence-corrected chi connectivity index (χ3v) is 3.91. The number of rotatable bonds is 5. The van der Waals surface area contributed by atoms with Crippen molar-refractivity contribution in [2.75, 3.05) is 0 Å². The summed E-state index contributed by atoms with van der Waals surface area (Å²) in [4.78, 5) is 2.83. The van der Waals surface area contributed by atoms with Crippen LogP contribution in [0.15, 0.2) is 28.9 Å². The minimum atomic E-state index is 0.470. The molecule has 2 nitrogen and oxygen atoms in total. The highest BCUT2D eigenvalue weighted by Gasteiger charge is 2.07. The van der Waals surface area contributed by atoms with E-state index >= 15 is 0 Å². The Bertz CT molecular complexity index is 472. The van der Waals surface area contributed by atoms with Crippen LogP contribution in [0.4, 0.5) is 0 Å². The third-order valence-electron chi connectivity index (χ3n) is 2.88. The van der Waals surface area contributed by atoms with Crippen molar-refractivity contribution in [3.63, 3.8) is 0 Å². The maximum absolute atomic E-state index is 5.41. The van der Waals surface area contributed by atoms with E-state index in [2.05, 4.69) is 38.2 Å². The standard InChI is InChI=1S/C14H19NOS/c1-10-6-7-16-14(10)9-15-11(2)8-13-5-4-12(3)17-13/h4-7,11,15H,8-9H2,1-3H3. The van der Waals surface area contributed by atoms with E-state index in [1.165, 1.54) is 15.3 Å². The lowest BCUT2D eigenvalue weighted by atomic mass is 10.2. The Balaban J connectivity index is 1.82. The Kier molecular flexibility index (Phi) is 4.02. The van der Waals surface area contributed by atoms with Gasteiger partial charge in [-0.1, -0.05) is 0 Å². The number of furan rings is 1. The molecule has 0 bridgehead atoms. The first-order valence-corrected chi connectivity index (χ1v) is 6.78. The molecule has 0 saturated heterocycles. The smallest absolute Gasteiger partial charge is 0.120 e. The van der Waals surface area contributed by atoms with E-state index in [1.807, 2.05) is 17.4 Å². The topological polar surface area (TPSA) is 25.2 Å². The molecule has 2 rings (SSSR count). The average Bonchev–Trinajstić information content (AvgIpc) is 2.85. The third kappa shape index (κ3) is 3.45. The van der Waals surface area contributed by atoms with Crippen LogP contribution in [0.2, 0.25) is 0 Å². The molecular formula is C14H19NOS. The van der Waals surface area contributed by atoms with Gasteiger partial charge in [0.2, 0.25) is 0 Å². The van der Waals surface area contributed by atoms with Crippen LogP contribution in [0, 0.1) is 13.8 Å². The summed E-state index contributed by atoms with van der Waals surface area (Å²) in [7, 11) is 0. The lowest BCUT2D eigenvalue weighted by Crippen LogP contribution is -2.27. The van der Waals surface area contributed by atoms with Crippen molar-refractivity contribution in [1.82, 2.24) is 5.32 Å². The number of aryl methyl sites for hydroxylation is 2. The van der Waals surface area contributed by atoms with Gasteiger partial charge in [0.1, 0.15) is 5.76 Å². The molecular weight excluding hydrogens is 230 g/mol. The summed E-state index contributed by atoms with van der Waals surface area (Å²) in [5, 5.41) is 3.50. The normalized spacial score (nSPS) is 12.9. The van der Waals surface area contributed by atoms with Crippen molar-refractivity contribution < 1.29 is 4.42 Å². The van der Waals surface area contributed by atoms with Crippen LogP contribution in [0.25, 0.3) is 0 Å². The zero-order valence-corrected chi connectivity index (χ0v) is 11.4. The molecule has 1 N–H and O–H groups in total. The molecule has 0 aliphatic rings. The molecule has 0 aliphatic heterocycles. The highest BCUT2D eigenvalue weighted by Crippen LogP contribution is 2.17.